The Morgan fingerprint density at radius 1 is 0.833 bits per heavy atom. The van der Waals surface area contributed by atoms with Gasteiger partial charge in [0.2, 0.25) is 0 Å². The lowest BCUT2D eigenvalue weighted by molar-refractivity contribution is 0.192. The Hall–Kier alpha value is -0.480. The molecule has 0 heterocycles. The second-order valence-electron chi connectivity index (χ2n) is 4.14. The molecule has 4 heteroatoms. The van der Waals surface area contributed by atoms with Crippen molar-refractivity contribution in [2.24, 2.45) is 10.2 Å². The molecule has 0 radical (unpaired) electrons. The average molecular weight is 174 g/mol. The van der Waals surface area contributed by atoms with Crippen LogP contribution in [0.25, 0.3) is 0 Å². The molecule has 12 heavy (non-hydrogen) atoms. The van der Waals surface area contributed by atoms with Crippen molar-refractivity contribution >= 4 is 0 Å². The van der Waals surface area contributed by atoms with Crippen LogP contribution in [0.2, 0.25) is 0 Å². The van der Waals surface area contributed by atoms with Crippen LogP contribution in [0.1, 0.15) is 27.7 Å². The van der Waals surface area contributed by atoms with Crippen LogP contribution in [-0.4, -0.2) is 34.5 Å². The van der Waals surface area contributed by atoms with Crippen molar-refractivity contribution in [2.75, 3.05) is 13.2 Å². The van der Waals surface area contributed by atoms with Gasteiger partial charge in [-0.15, -0.1) is 0 Å². The zero-order valence-electron chi connectivity index (χ0n) is 8.20. The number of aliphatic hydroxyl groups is 2. The van der Waals surface area contributed by atoms with E-state index in [4.69, 9.17) is 10.2 Å². The van der Waals surface area contributed by atoms with E-state index in [9.17, 15) is 0 Å². The lowest BCUT2D eigenvalue weighted by atomic mass is 10.1. The van der Waals surface area contributed by atoms with Crippen LogP contribution in [0, 0.1) is 0 Å². The quantitative estimate of drug-likeness (QED) is 0.624. The SMILES string of the molecule is CC(C)(CO)N=NC(C)(C)CO. The van der Waals surface area contributed by atoms with Gasteiger partial charge in [0.15, 0.2) is 0 Å². The third kappa shape index (κ3) is 4.41. The molecule has 2 N–H and O–H groups in total. The van der Waals surface area contributed by atoms with Gasteiger partial charge in [-0.1, -0.05) is 0 Å². The summed E-state index contributed by atoms with van der Waals surface area (Å²) in [4.78, 5) is 0. The van der Waals surface area contributed by atoms with Crippen molar-refractivity contribution in [1.29, 1.82) is 0 Å². The smallest absolute Gasteiger partial charge is 0.0989 e. The van der Waals surface area contributed by atoms with E-state index in [1.807, 2.05) is 0 Å². The van der Waals surface area contributed by atoms with Gasteiger partial charge in [-0.3, -0.25) is 0 Å². The number of azo groups is 1. The molecule has 0 aliphatic carbocycles. The molecule has 0 saturated carbocycles. The number of nitrogens with zero attached hydrogens (tertiary/aromatic N) is 2. The maximum absolute atomic E-state index is 8.85. The van der Waals surface area contributed by atoms with Gasteiger partial charge in [-0.2, -0.15) is 10.2 Å². The highest BCUT2D eigenvalue weighted by Crippen LogP contribution is 2.14. The van der Waals surface area contributed by atoms with E-state index in [-0.39, 0.29) is 13.2 Å². The summed E-state index contributed by atoms with van der Waals surface area (Å²) in [6.07, 6.45) is 0. The van der Waals surface area contributed by atoms with Gasteiger partial charge in [0.05, 0.1) is 24.3 Å². The maximum atomic E-state index is 8.85. The molecule has 0 unspecified atom stereocenters. The predicted octanol–water partition coefficient (Wildman–Crippen LogP) is 0.980. The van der Waals surface area contributed by atoms with E-state index < -0.39 is 11.1 Å². The minimum Gasteiger partial charge on any atom is -0.394 e. The van der Waals surface area contributed by atoms with Crippen LogP contribution >= 0.6 is 0 Å². The average Bonchev–Trinajstić information content (AvgIpc) is 2.02. The van der Waals surface area contributed by atoms with Crippen LogP contribution in [-0.2, 0) is 0 Å². The summed E-state index contributed by atoms with van der Waals surface area (Å²) in [5.41, 5.74) is -1.10. The molecule has 0 fully saturated rings. The van der Waals surface area contributed by atoms with Gasteiger partial charge < -0.3 is 10.2 Å². The summed E-state index contributed by atoms with van der Waals surface area (Å²) >= 11 is 0. The van der Waals surface area contributed by atoms with Gasteiger partial charge in [0, 0.05) is 0 Å². The van der Waals surface area contributed by atoms with Crippen molar-refractivity contribution in [3.63, 3.8) is 0 Å². The molecule has 0 bridgehead atoms. The third-order valence-electron chi connectivity index (χ3n) is 1.37. The molecule has 0 aromatic carbocycles. The molecular weight excluding hydrogens is 156 g/mol. The first-order valence-electron chi connectivity index (χ1n) is 3.99. The van der Waals surface area contributed by atoms with Crippen LogP contribution in [0.5, 0.6) is 0 Å². The Balaban J connectivity index is 4.23. The molecule has 4 nitrogen and oxygen atoms in total. The number of hydrogen-bond donors (Lipinski definition) is 2. The topological polar surface area (TPSA) is 65.2 Å². The minimum atomic E-state index is -0.549. The van der Waals surface area contributed by atoms with Crippen molar-refractivity contribution in [2.45, 2.75) is 38.8 Å². The first-order valence-corrected chi connectivity index (χ1v) is 3.99. The Kier molecular flexibility index (Phi) is 3.80. The summed E-state index contributed by atoms with van der Waals surface area (Å²) in [6, 6.07) is 0. The zero-order valence-corrected chi connectivity index (χ0v) is 8.20. The molecule has 0 atom stereocenters. The molecular formula is C8H18N2O2. The summed E-state index contributed by atoms with van der Waals surface area (Å²) in [7, 11) is 0. The lowest BCUT2D eigenvalue weighted by Crippen LogP contribution is -2.26. The van der Waals surface area contributed by atoms with Crippen LogP contribution in [0.3, 0.4) is 0 Å². The van der Waals surface area contributed by atoms with Crippen LogP contribution in [0.4, 0.5) is 0 Å². The zero-order chi connectivity index (χ0) is 9.83. The first-order chi connectivity index (χ1) is 5.33. The third-order valence-corrected chi connectivity index (χ3v) is 1.37. The van der Waals surface area contributed by atoms with Crippen molar-refractivity contribution in [3.05, 3.63) is 0 Å². The predicted molar refractivity (Wildman–Crippen MR) is 47.2 cm³/mol. The van der Waals surface area contributed by atoms with Gasteiger partial charge in [-0.25, -0.2) is 0 Å². The van der Waals surface area contributed by atoms with Gasteiger partial charge >= 0.3 is 0 Å². The molecule has 0 aromatic rings. The summed E-state index contributed by atoms with van der Waals surface area (Å²) in [5.74, 6) is 0. The highest BCUT2D eigenvalue weighted by atomic mass is 16.3. The fraction of sp³-hybridized carbons (Fsp3) is 1.00. The van der Waals surface area contributed by atoms with Crippen molar-refractivity contribution in [1.82, 2.24) is 0 Å². The number of aliphatic hydroxyl groups excluding tert-OH is 2. The summed E-state index contributed by atoms with van der Waals surface area (Å²) in [5, 5.41) is 25.6. The van der Waals surface area contributed by atoms with E-state index in [1.54, 1.807) is 27.7 Å². The number of hydrogen-bond acceptors (Lipinski definition) is 4. The first kappa shape index (κ1) is 11.5. The standard InChI is InChI=1S/C8H18N2O2/c1-7(2,5-11)9-10-8(3,4)6-12/h11-12H,5-6H2,1-4H3. The molecule has 72 valence electrons. The minimum absolute atomic E-state index is 0.0436. The van der Waals surface area contributed by atoms with Crippen molar-refractivity contribution < 1.29 is 10.2 Å². The molecule has 0 amide bonds. The van der Waals surface area contributed by atoms with E-state index in [0.29, 0.717) is 0 Å². The van der Waals surface area contributed by atoms with Gasteiger partial charge in [-0.05, 0) is 27.7 Å². The monoisotopic (exact) mass is 174 g/mol. The second kappa shape index (κ2) is 3.96. The van der Waals surface area contributed by atoms with E-state index >= 15 is 0 Å². The van der Waals surface area contributed by atoms with E-state index in [0.717, 1.165) is 0 Å². The van der Waals surface area contributed by atoms with Crippen LogP contribution in [0.15, 0.2) is 10.2 Å². The van der Waals surface area contributed by atoms with Gasteiger partial charge in [0.1, 0.15) is 0 Å². The maximum Gasteiger partial charge on any atom is 0.0989 e. The fourth-order valence-corrected chi connectivity index (χ4v) is 0.334. The Labute approximate surface area is 73.3 Å². The second-order valence-corrected chi connectivity index (χ2v) is 4.14. The molecule has 0 saturated heterocycles. The van der Waals surface area contributed by atoms with Crippen LogP contribution < -0.4 is 0 Å². The largest absolute Gasteiger partial charge is 0.394 e. The summed E-state index contributed by atoms with van der Waals surface area (Å²) < 4.78 is 0. The molecule has 0 rings (SSSR count). The van der Waals surface area contributed by atoms with Gasteiger partial charge in [0.25, 0.3) is 0 Å². The fourth-order valence-electron chi connectivity index (χ4n) is 0.334. The summed E-state index contributed by atoms with van der Waals surface area (Å²) in [6.45, 7) is 7.04. The normalized spacial score (nSPS) is 14.2. The lowest BCUT2D eigenvalue weighted by Gasteiger charge is -2.19. The Morgan fingerprint density at radius 2 is 1.08 bits per heavy atom. The van der Waals surface area contributed by atoms with Crippen molar-refractivity contribution in [3.8, 4) is 0 Å². The Bertz CT molecular complexity index is 146. The van der Waals surface area contributed by atoms with E-state index in [2.05, 4.69) is 10.2 Å². The highest BCUT2D eigenvalue weighted by molar-refractivity contribution is 4.79. The number of rotatable bonds is 4. The molecule has 0 aliphatic rings. The molecule has 0 spiro atoms. The van der Waals surface area contributed by atoms with E-state index in [1.165, 1.54) is 0 Å². The Morgan fingerprint density at radius 3 is 1.25 bits per heavy atom. The molecule has 0 aromatic heterocycles. The highest BCUT2D eigenvalue weighted by Gasteiger charge is 2.19. The molecule has 0 aliphatic heterocycles.